The lowest BCUT2D eigenvalue weighted by atomic mass is 10.2. The Labute approximate surface area is 101 Å². The molecule has 0 bridgehead atoms. The quantitative estimate of drug-likeness (QED) is 0.645. The van der Waals surface area contributed by atoms with Gasteiger partial charge < -0.3 is 5.32 Å². The molecule has 0 spiro atoms. The van der Waals surface area contributed by atoms with E-state index in [9.17, 15) is 0 Å². The monoisotopic (exact) mass is 231 g/mol. The van der Waals surface area contributed by atoms with Gasteiger partial charge in [0, 0.05) is 11.3 Å². The molecule has 0 aromatic carbocycles. The minimum atomic E-state index is 0.673. The second-order valence-corrected chi connectivity index (χ2v) is 6.50. The zero-order valence-corrected chi connectivity index (χ0v) is 12.0. The van der Waals surface area contributed by atoms with Crippen molar-refractivity contribution in [1.82, 2.24) is 5.32 Å². The summed E-state index contributed by atoms with van der Waals surface area (Å²) in [6.45, 7) is 12.6. The summed E-state index contributed by atoms with van der Waals surface area (Å²) >= 11 is 2.13. The Kier molecular flexibility index (Phi) is 9.73. The molecule has 0 aliphatic carbocycles. The molecule has 0 fully saturated rings. The van der Waals surface area contributed by atoms with Crippen molar-refractivity contribution in [3.63, 3.8) is 0 Å². The van der Waals surface area contributed by atoms with E-state index >= 15 is 0 Å². The Balaban J connectivity index is 3.42. The van der Waals surface area contributed by atoms with Crippen LogP contribution in [0.25, 0.3) is 0 Å². The van der Waals surface area contributed by atoms with Gasteiger partial charge in [-0.25, -0.2) is 0 Å². The van der Waals surface area contributed by atoms with Crippen LogP contribution in [-0.4, -0.2) is 23.6 Å². The Hall–Kier alpha value is 0.310. The van der Waals surface area contributed by atoms with Gasteiger partial charge in [-0.2, -0.15) is 11.8 Å². The van der Waals surface area contributed by atoms with Crippen LogP contribution in [-0.2, 0) is 0 Å². The molecular weight excluding hydrogens is 202 g/mol. The Bertz CT molecular complexity index is 136. The van der Waals surface area contributed by atoms with Gasteiger partial charge in [0.2, 0.25) is 0 Å². The molecule has 0 aromatic heterocycles. The predicted octanol–water partition coefficient (Wildman–Crippen LogP) is 3.93. The highest BCUT2D eigenvalue weighted by molar-refractivity contribution is 7.99. The SMILES string of the molecule is CCCNC(C)CC(C)SCCC(C)C. The van der Waals surface area contributed by atoms with E-state index in [2.05, 4.69) is 51.7 Å². The number of hydrogen-bond acceptors (Lipinski definition) is 2. The number of hydrogen-bond donors (Lipinski definition) is 1. The molecule has 2 heteroatoms. The van der Waals surface area contributed by atoms with Gasteiger partial charge >= 0.3 is 0 Å². The molecular formula is C13H29NS. The van der Waals surface area contributed by atoms with Crippen LogP contribution in [0, 0.1) is 5.92 Å². The second kappa shape index (κ2) is 9.53. The zero-order chi connectivity index (χ0) is 11.7. The second-order valence-electron chi connectivity index (χ2n) is 4.95. The van der Waals surface area contributed by atoms with Gasteiger partial charge in [-0.3, -0.25) is 0 Å². The fourth-order valence-corrected chi connectivity index (χ4v) is 2.98. The standard InChI is InChI=1S/C13H29NS/c1-6-8-14-12(4)10-13(5)15-9-7-11(2)3/h11-14H,6-10H2,1-5H3. The van der Waals surface area contributed by atoms with Crippen LogP contribution in [0.1, 0.15) is 53.9 Å². The first-order chi connectivity index (χ1) is 7.06. The molecule has 0 aliphatic heterocycles. The van der Waals surface area contributed by atoms with Crippen molar-refractivity contribution in [2.45, 2.75) is 65.2 Å². The fraction of sp³-hybridized carbons (Fsp3) is 1.00. The maximum absolute atomic E-state index is 3.55. The Morgan fingerprint density at radius 3 is 2.33 bits per heavy atom. The van der Waals surface area contributed by atoms with E-state index in [-0.39, 0.29) is 0 Å². The third kappa shape index (κ3) is 10.6. The van der Waals surface area contributed by atoms with Gasteiger partial charge in [-0.1, -0.05) is 27.7 Å². The van der Waals surface area contributed by atoms with Gasteiger partial charge in [0.25, 0.3) is 0 Å². The molecule has 1 nitrogen and oxygen atoms in total. The highest BCUT2D eigenvalue weighted by Gasteiger charge is 2.08. The average Bonchev–Trinajstić information content (AvgIpc) is 2.14. The highest BCUT2D eigenvalue weighted by Crippen LogP contribution is 2.18. The summed E-state index contributed by atoms with van der Waals surface area (Å²) in [6, 6.07) is 0.673. The van der Waals surface area contributed by atoms with Crippen LogP contribution in [0.3, 0.4) is 0 Å². The van der Waals surface area contributed by atoms with E-state index in [0.29, 0.717) is 6.04 Å². The first-order valence-corrected chi connectivity index (χ1v) is 7.46. The maximum atomic E-state index is 3.55. The van der Waals surface area contributed by atoms with E-state index in [1.165, 1.54) is 25.0 Å². The molecule has 92 valence electrons. The number of thioether (sulfide) groups is 1. The average molecular weight is 231 g/mol. The lowest BCUT2D eigenvalue weighted by Crippen LogP contribution is -2.29. The normalized spacial score (nSPS) is 15.6. The zero-order valence-electron chi connectivity index (χ0n) is 11.2. The summed E-state index contributed by atoms with van der Waals surface area (Å²) in [5, 5.41) is 4.34. The van der Waals surface area contributed by atoms with E-state index in [1.807, 2.05) is 0 Å². The minimum Gasteiger partial charge on any atom is -0.314 e. The molecule has 1 N–H and O–H groups in total. The van der Waals surface area contributed by atoms with Crippen LogP contribution >= 0.6 is 11.8 Å². The number of rotatable bonds is 9. The summed E-state index contributed by atoms with van der Waals surface area (Å²) in [5.41, 5.74) is 0. The molecule has 0 aliphatic rings. The fourth-order valence-electron chi connectivity index (χ4n) is 1.54. The van der Waals surface area contributed by atoms with Crippen molar-refractivity contribution in [1.29, 1.82) is 0 Å². The third-order valence-electron chi connectivity index (χ3n) is 2.53. The maximum Gasteiger partial charge on any atom is 0.00491 e. The number of nitrogens with one attached hydrogen (secondary N) is 1. The van der Waals surface area contributed by atoms with Gasteiger partial charge in [0.1, 0.15) is 0 Å². The largest absolute Gasteiger partial charge is 0.314 e. The van der Waals surface area contributed by atoms with E-state index < -0.39 is 0 Å². The van der Waals surface area contributed by atoms with Crippen LogP contribution in [0.15, 0.2) is 0 Å². The summed E-state index contributed by atoms with van der Waals surface area (Å²) in [7, 11) is 0. The van der Waals surface area contributed by atoms with E-state index in [4.69, 9.17) is 0 Å². The van der Waals surface area contributed by atoms with E-state index in [1.54, 1.807) is 0 Å². The van der Waals surface area contributed by atoms with Gasteiger partial charge in [0.05, 0.1) is 0 Å². The van der Waals surface area contributed by atoms with Crippen LogP contribution in [0.2, 0.25) is 0 Å². The smallest absolute Gasteiger partial charge is 0.00491 e. The molecule has 0 aromatic rings. The summed E-state index contributed by atoms with van der Waals surface area (Å²) in [6.07, 6.45) is 3.88. The van der Waals surface area contributed by atoms with Crippen LogP contribution < -0.4 is 5.32 Å². The van der Waals surface area contributed by atoms with Gasteiger partial charge in [-0.15, -0.1) is 0 Å². The van der Waals surface area contributed by atoms with E-state index in [0.717, 1.165) is 17.7 Å². The van der Waals surface area contributed by atoms with Gasteiger partial charge in [0.15, 0.2) is 0 Å². The molecule has 15 heavy (non-hydrogen) atoms. The highest BCUT2D eigenvalue weighted by atomic mass is 32.2. The molecule has 0 amide bonds. The Morgan fingerprint density at radius 1 is 1.13 bits per heavy atom. The Morgan fingerprint density at radius 2 is 1.80 bits per heavy atom. The van der Waals surface area contributed by atoms with Crippen molar-refractivity contribution >= 4 is 11.8 Å². The van der Waals surface area contributed by atoms with Crippen molar-refractivity contribution in [3.8, 4) is 0 Å². The van der Waals surface area contributed by atoms with Crippen molar-refractivity contribution in [2.24, 2.45) is 5.92 Å². The molecule has 2 unspecified atom stereocenters. The van der Waals surface area contributed by atoms with Crippen LogP contribution in [0.4, 0.5) is 0 Å². The molecule has 0 heterocycles. The first-order valence-electron chi connectivity index (χ1n) is 6.41. The third-order valence-corrected chi connectivity index (χ3v) is 3.76. The topological polar surface area (TPSA) is 12.0 Å². The van der Waals surface area contributed by atoms with Crippen molar-refractivity contribution < 1.29 is 0 Å². The summed E-state index contributed by atoms with van der Waals surface area (Å²) in [5.74, 6) is 2.17. The lowest BCUT2D eigenvalue weighted by Gasteiger charge is -2.18. The first kappa shape index (κ1) is 15.3. The summed E-state index contributed by atoms with van der Waals surface area (Å²) in [4.78, 5) is 0. The molecule has 0 saturated carbocycles. The molecule has 0 saturated heterocycles. The van der Waals surface area contributed by atoms with Crippen molar-refractivity contribution in [3.05, 3.63) is 0 Å². The summed E-state index contributed by atoms with van der Waals surface area (Å²) < 4.78 is 0. The van der Waals surface area contributed by atoms with Crippen molar-refractivity contribution in [2.75, 3.05) is 12.3 Å². The molecule has 0 radical (unpaired) electrons. The molecule has 0 rings (SSSR count). The molecule has 2 atom stereocenters. The predicted molar refractivity (Wildman–Crippen MR) is 73.7 cm³/mol. The van der Waals surface area contributed by atoms with Gasteiger partial charge in [-0.05, 0) is 44.4 Å². The minimum absolute atomic E-state index is 0.673. The lowest BCUT2D eigenvalue weighted by molar-refractivity contribution is 0.513. The van der Waals surface area contributed by atoms with Crippen LogP contribution in [0.5, 0.6) is 0 Å².